The fourth-order valence-corrected chi connectivity index (χ4v) is 1.21. The van der Waals surface area contributed by atoms with Gasteiger partial charge in [-0.1, -0.05) is 12.1 Å². The van der Waals surface area contributed by atoms with Gasteiger partial charge in [0.15, 0.2) is 5.76 Å². The number of pyridine rings is 1. The molecule has 2 aromatic heterocycles. The van der Waals surface area contributed by atoms with Crippen molar-refractivity contribution < 1.29 is 4.42 Å². The van der Waals surface area contributed by atoms with Crippen LogP contribution in [0.5, 0.6) is 0 Å². The van der Waals surface area contributed by atoms with Crippen LogP contribution in [0.2, 0.25) is 0 Å². The molecule has 3 heteroatoms. The summed E-state index contributed by atoms with van der Waals surface area (Å²) >= 11 is 0. The molecule has 3 nitrogen and oxygen atoms in total. The summed E-state index contributed by atoms with van der Waals surface area (Å²) in [6.07, 6.45) is 0. The number of aryl methyl sites for hydroxylation is 1. The maximum atomic E-state index is 11.0. The minimum absolute atomic E-state index is 0.356. The van der Waals surface area contributed by atoms with Crippen LogP contribution in [0.1, 0.15) is 5.69 Å². The summed E-state index contributed by atoms with van der Waals surface area (Å²) < 4.78 is 5.00. The lowest BCUT2D eigenvalue weighted by Gasteiger charge is -1.98. The highest BCUT2D eigenvalue weighted by Crippen LogP contribution is 2.14. The van der Waals surface area contributed by atoms with Crippen molar-refractivity contribution in [3.05, 3.63) is 52.5 Å². The van der Waals surface area contributed by atoms with E-state index >= 15 is 0 Å². The Bertz CT molecular complexity index is 502. The average Bonchev–Trinajstić information content (AvgIpc) is 2.18. The summed E-state index contributed by atoms with van der Waals surface area (Å²) in [5.74, 6) is 0.501. The van der Waals surface area contributed by atoms with Crippen LogP contribution in [0.4, 0.5) is 0 Å². The lowest BCUT2D eigenvalue weighted by atomic mass is 10.2. The van der Waals surface area contributed by atoms with Crippen LogP contribution >= 0.6 is 0 Å². The van der Waals surface area contributed by atoms with E-state index in [0.717, 1.165) is 5.69 Å². The van der Waals surface area contributed by atoms with Gasteiger partial charge in [0.05, 0.1) is 0 Å². The molecule has 0 atom stereocenters. The third-order valence-corrected chi connectivity index (χ3v) is 1.83. The van der Waals surface area contributed by atoms with Gasteiger partial charge in [-0.15, -0.1) is 0 Å². The molecule has 2 heterocycles. The molecular formula is C11H9NO2. The molecule has 0 saturated heterocycles. The van der Waals surface area contributed by atoms with E-state index in [1.807, 2.05) is 25.1 Å². The summed E-state index contributed by atoms with van der Waals surface area (Å²) in [4.78, 5) is 15.2. The molecule has 14 heavy (non-hydrogen) atoms. The molecule has 0 aliphatic carbocycles. The minimum Gasteiger partial charge on any atom is -0.421 e. The molecule has 0 aliphatic heterocycles. The highest BCUT2D eigenvalue weighted by molar-refractivity contribution is 5.51. The van der Waals surface area contributed by atoms with Crippen LogP contribution in [0.3, 0.4) is 0 Å². The summed E-state index contributed by atoms with van der Waals surface area (Å²) in [7, 11) is 0. The second-order valence-corrected chi connectivity index (χ2v) is 2.98. The number of aromatic nitrogens is 1. The standard InChI is InChI=1S/C11H9NO2/c1-8-4-2-5-9(12-8)10-6-3-7-11(13)14-10/h2-7H,1H3. The first-order chi connectivity index (χ1) is 6.75. The Labute approximate surface area is 81.0 Å². The van der Waals surface area contributed by atoms with E-state index in [2.05, 4.69) is 4.98 Å². The fourth-order valence-electron chi connectivity index (χ4n) is 1.21. The molecule has 2 aromatic rings. The Kier molecular flexibility index (Phi) is 2.14. The summed E-state index contributed by atoms with van der Waals surface area (Å²) in [5.41, 5.74) is 1.22. The van der Waals surface area contributed by atoms with E-state index < -0.39 is 0 Å². The topological polar surface area (TPSA) is 43.1 Å². The molecule has 0 unspecified atom stereocenters. The zero-order chi connectivity index (χ0) is 9.97. The molecule has 2 rings (SSSR count). The van der Waals surface area contributed by atoms with Gasteiger partial charge in [0, 0.05) is 11.8 Å². The van der Waals surface area contributed by atoms with Crippen molar-refractivity contribution in [1.29, 1.82) is 0 Å². The van der Waals surface area contributed by atoms with Gasteiger partial charge in [0.25, 0.3) is 0 Å². The summed E-state index contributed by atoms with van der Waals surface area (Å²) in [5, 5.41) is 0. The molecule has 0 fully saturated rings. The highest BCUT2D eigenvalue weighted by Gasteiger charge is 2.01. The fraction of sp³-hybridized carbons (Fsp3) is 0.0909. The lowest BCUT2D eigenvalue weighted by Crippen LogP contribution is -1.96. The van der Waals surface area contributed by atoms with E-state index in [1.54, 1.807) is 12.1 Å². The monoisotopic (exact) mass is 187 g/mol. The molecule has 0 saturated carbocycles. The molecule has 0 radical (unpaired) electrons. The molecular weight excluding hydrogens is 178 g/mol. The Morgan fingerprint density at radius 1 is 1.14 bits per heavy atom. The number of rotatable bonds is 1. The second kappa shape index (κ2) is 3.46. The van der Waals surface area contributed by atoms with Gasteiger partial charge in [0.2, 0.25) is 0 Å². The van der Waals surface area contributed by atoms with Crippen molar-refractivity contribution in [2.24, 2.45) is 0 Å². The van der Waals surface area contributed by atoms with Crippen molar-refractivity contribution in [2.45, 2.75) is 6.92 Å². The van der Waals surface area contributed by atoms with Gasteiger partial charge in [-0.25, -0.2) is 9.78 Å². The van der Waals surface area contributed by atoms with Crippen LogP contribution in [0.15, 0.2) is 45.6 Å². The normalized spacial score (nSPS) is 10.1. The van der Waals surface area contributed by atoms with Gasteiger partial charge >= 0.3 is 5.63 Å². The third-order valence-electron chi connectivity index (χ3n) is 1.83. The van der Waals surface area contributed by atoms with Crippen LogP contribution in [0.25, 0.3) is 11.5 Å². The maximum absolute atomic E-state index is 11.0. The summed E-state index contributed by atoms with van der Waals surface area (Å²) in [6, 6.07) is 10.3. The first-order valence-electron chi connectivity index (χ1n) is 4.30. The number of hydrogen-bond acceptors (Lipinski definition) is 3. The van der Waals surface area contributed by atoms with Gasteiger partial charge in [-0.2, -0.15) is 0 Å². The third kappa shape index (κ3) is 1.71. The molecule has 0 amide bonds. The molecule has 0 bridgehead atoms. The van der Waals surface area contributed by atoms with Gasteiger partial charge in [-0.3, -0.25) is 0 Å². The lowest BCUT2D eigenvalue weighted by molar-refractivity contribution is 0.524. The predicted octanol–water partition coefficient (Wildman–Crippen LogP) is 2.01. The van der Waals surface area contributed by atoms with Gasteiger partial charge in [0.1, 0.15) is 5.69 Å². The van der Waals surface area contributed by atoms with Crippen LogP contribution < -0.4 is 5.63 Å². The van der Waals surface area contributed by atoms with Crippen LogP contribution in [-0.2, 0) is 0 Å². The van der Waals surface area contributed by atoms with E-state index in [-0.39, 0.29) is 5.63 Å². The Morgan fingerprint density at radius 3 is 2.64 bits per heavy atom. The van der Waals surface area contributed by atoms with Gasteiger partial charge in [-0.05, 0) is 25.1 Å². The number of nitrogens with zero attached hydrogens (tertiary/aromatic N) is 1. The zero-order valence-corrected chi connectivity index (χ0v) is 7.73. The Morgan fingerprint density at radius 2 is 1.93 bits per heavy atom. The van der Waals surface area contributed by atoms with Crippen molar-refractivity contribution in [1.82, 2.24) is 4.98 Å². The van der Waals surface area contributed by atoms with Crippen molar-refractivity contribution in [3.63, 3.8) is 0 Å². The quantitative estimate of drug-likeness (QED) is 0.685. The minimum atomic E-state index is -0.356. The Balaban J connectivity index is 2.55. The highest BCUT2D eigenvalue weighted by atomic mass is 16.4. The predicted molar refractivity (Wildman–Crippen MR) is 52.9 cm³/mol. The zero-order valence-electron chi connectivity index (χ0n) is 7.73. The van der Waals surface area contributed by atoms with Crippen LogP contribution in [-0.4, -0.2) is 4.98 Å². The summed E-state index contributed by atoms with van der Waals surface area (Å²) in [6.45, 7) is 1.89. The van der Waals surface area contributed by atoms with E-state index in [0.29, 0.717) is 11.5 Å². The SMILES string of the molecule is Cc1cccc(-c2cccc(=O)o2)n1. The Hall–Kier alpha value is -1.90. The second-order valence-electron chi connectivity index (χ2n) is 2.98. The molecule has 0 aromatic carbocycles. The molecule has 0 spiro atoms. The first kappa shape index (κ1) is 8.69. The van der Waals surface area contributed by atoms with Crippen LogP contribution in [0, 0.1) is 6.92 Å². The van der Waals surface area contributed by atoms with E-state index in [1.165, 1.54) is 6.07 Å². The van der Waals surface area contributed by atoms with Crippen molar-refractivity contribution in [3.8, 4) is 11.5 Å². The molecule has 0 aliphatic rings. The average molecular weight is 187 g/mol. The molecule has 70 valence electrons. The van der Waals surface area contributed by atoms with Gasteiger partial charge < -0.3 is 4.42 Å². The maximum Gasteiger partial charge on any atom is 0.336 e. The van der Waals surface area contributed by atoms with E-state index in [4.69, 9.17) is 4.42 Å². The van der Waals surface area contributed by atoms with E-state index in [9.17, 15) is 4.79 Å². The largest absolute Gasteiger partial charge is 0.421 e. The number of hydrogen-bond donors (Lipinski definition) is 0. The smallest absolute Gasteiger partial charge is 0.336 e. The van der Waals surface area contributed by atoms with Crippen molar-refractivity contribution in [2.75, 3.05) is 0 Å². The first-order valence-corrected chi connectivity index (χ1v) is 4.30. The van der Waals surface area contributed by atoms with Crippen molar-refractivity contribution >= 4 is 0 Å². The molecule has 0 N–H and O–H groups in total.